The van der Waals surface area contributed by atoms with Crippen LogP contribution < -0.4 is 19.1 Å². The Morgan fingerprint density at radius 1 is 0.971 bits per heavy atom. The van der Waals surface area contributed by atoms with Crippen molar-refractivity contribution >= 4 is 17.7 Å². The number of ether oxygens (including phenoxy) is 3. The number of anilines is 1. The van der Waals surface area contributed by atoms with Gasteiger partial charge in [0.25, 0.3) is 5.91 Å². The summed E-state index contributed by atoms with van der Waals surface area (Å²) in [6.07, 6.45) is 3.10. The molecule has 0 N–H and O–H groups in total. The summed E-state index contributed by atoms with van der Waals surface area (Å²) >= 11 is 0. The quantitative estimate of drug-likeness (QED) is 0.225. The van der Waals surface area contributed by atoms with Crippen molar-refractivity contribution in [2.75, 3.05) is 31.3 Å². The molecular formula is C29H28N2O4. The van der Waals surface area contributed by atoms with Crippen molar-refractivity contribution in [3.05, 3.63) is 89.5 Å². The summed E-state index contributed by atoms with van der Waals surface area (Å²) in [6.45, 7) is 3.95. The van der Waals surface area contributed by atoms with Gasteiger partial charge in [-0.15, -0.1) is 0 Å². The largest absolute Gasteiger partial charge is 0.493 e. The maximum Gasteiger partial charge on any atom is 0.268 e. The Morgan fingerprint density at radius 3 is 2.54 bits per heavy atom. The number of carbonyl (C=O) groups is 1. The molecule has 4 rings (SSSR count). The molecule has 35 heavy (non-hydrogen) atoms. The van der Waals surface area contributed by atoms with Crippen LogP contribution in [0.5, 0.6) is 17.2 Å². The third kappa shape index (κ3) is 6.01. The number of rotatable bonds is 10. The Balaban J connectivity index is 1.41. The standard InChI is InChI=1S/C29H28N2O4/c1-2-33-28-20-22(13-14-27(28)35-18-8-17-34-25-10-4-3-5-11-25)19-24(21-30)29(32)31-16-15-23-9-6-7-12-26(23)31/h3-7,9-14,19-20H,2,8,15-18H2,1H3/b24-19+. The minimum Gasteiger partial charge on any atom is -0.493 e. The van der Waals surface area contributed by atoms with Gasteiger partial charge in [-0.2, -0.15) is 5.26 Å². The van der Waals surface area contributed by atoms with Crippen molar-refractivity contribution in [1.82, 2.24) is 0 Å². The van der Waals surface area contributed by atoms with Gasteiger partial charge in [-0.05, 0) is 60.9 Å². The lowest BCUT2D eigenvalue weighted by Crippen LogP contribution is -2.29. The summed E-state index contributed by atoms with van der Waals surface area (Å²) in [5.41, 5.74) is 2.77. The van der Waals surface area contributed by atoms with E-state index in [1.165, 1.54) is 0 Å². The second-order valence-corrected chi connectivity index (χ2v) is 8.01. The monoisotopic (exact) mass is 468 g/mol. The van der Waals surface area contributed by atoms with Crippen molar-refractivity contribution < 1.29 is 19.0 Å². The lowest BCUT2D eigenvalue weighted by atomic mass is 10.1. The van der Waals surface area contributed by atoms with Crippen molar-refractivity contribution in [3.8, 4) is 23.3 Å². The van der Waals surface area contributed by atoms with Gasteiger partial charge in [0.1, 0.15) is 17.4 Å². The highest BCUT2D eigenvalue weighted by molar-refractivity contribution is 6.12. The lowest BCUT2D eigenvalue weighted by Gasteiger charge is -2.17. The van der Waals surface area contributed by atoms with Gasteiger partial charge < -0.3 is 19.1 Å². The first-order valence-electron chi connectivity index (χ1n) is 11.8. The summed E-state index contributed by atoms with van der Waals surface area (Å²) in [5, 5.41) is 9.71. The Morgan fingerprint density at radius 2 is 1.74 bits per heavy atom. The fraction of sp³-hybridized carbons (Fsp3) is 0.241. The van der Waals surface area contributed by atoms with E-state index in [0.29, 0.717) is 49.8 Å². The van der Waals surface area contributed by atoms with Crippen LogP contribution in [-0.4, -0.2) is 32.3 Å². The van der Waals surface area contributed by atoms with Crippen LogP contribution in [0.4, 0.5) is 5.69 Å². The SMILES string of the molecule is CCOc1cc(/C=C(\C#N)C(=O)N2CCc3ccccc32)ccc1OCCCOc1ccccc1. The highest BCUT2D eigenvalue weighted by Crippen LogP contribution is 2.31. The predicted octanol–water partition coefficient (Wildman–Crippen LogP) is 5.43. The number of fused-ring (bicyclic) bond motifs is 1. The van der Waals surface area contributed by atoms with Crippen molar-refractivity contribution in [2.45, 2.75) is 19.8 Å². The second-order valence-electron chi connectivity index (χ2n) is 8.01. The number of para-hydroxylation sites is 2. The number of hydrogen-bond acceptors (Lipinski definition) is 5. The van der Waals surface area contributed by atoms with Crippen molar-refractivity contribution in [3.63, 3.8) is 0 Å². The number of nitrogens with zero attached hydrogens (tertiary/aromatic N) is 2. The molecule has 0 atom stereocenters. The third-order valence-electron chi connectivity index (χ3n) is 5.62. The highest BCUT2D eigenvalue weighted by Gasteiger charge is 2.26. The molecular weight excluding hydrogens is 440 g/mol. The van der Waals surface area contributed by atoms with E-state index in [4.69, 9.17) is 14.2 Å². The van der Waals surface area contributed by atoms with Crippen LogP contribution in [0.15, 0.2) is 78.4 Å². The van der Waals surface area contributed by atoms with Crippen LogP contribution in [0.1, 0.15) is 24.5 Å². The molecule has 0 radical (unpaired) electrons. The van der Waals surface area contributed by atoms with Crippen LogP contribution in [0.2, 0.25) is 0 Å². The van der Waals surface area contributed by atoms with Gasteiger partial charge >= 0.3 is 0 Å². The van der Waals surface area contributed by atoms with E-state index >= 15 is 0 Å². The van der Waals surface area contributed by atoms with Crippen LogP contribution in [-0.2, 0) is 11.2 Å². The first-order chi connectivity index (χ1) is 17.2. The molecule has 0 bridgehead atoms. The molecule has 3 aromatic rings. The van der Waals surface area contributed by atoms with E-state index in [9.17, 15) is 10.1 Å². The predicted molar refractivity (Wildman–Crippen MR) is 136 cm³/mol. The third-order valence-corrected chi connectivity index (χ3v) is 5.62. The Labute approximate surface area is 206 Å². The molecule has 1 amide bonds. The summed E-state index contributed by atoms with van der Waals surface area (Å²) in [4.78, 5) is 14.8. The van der Waals surface area contributed by atoms with Gasteiger partial charge in [0.05, 0.1) is 19.8 Å². The lowest BCUT2D eigenvalue weighted by molar-refractivity contribution is -0.114. The molecule has 0 aromatic heterocycles. The van der Waals surface area contributed by atoms with Crippen molar-refractivity contribution in [2.24, 2.45) is 0 Å². The number of carbonyl (C=O) groups excluding carboxylic acids is 1. The molecule has 0 spiro atoms. The molecule has 0 aliphatic carbocycles. The number of amides is 1. The van der Waals surface area contributed by atoms with E-state index in [-0.39, 0.29) is 11.5 Å². The zero-order valence-corrected chi connectivity index (χ0v) is 19.8. The van der Waals surface area contributed by atoms with Gasteiger partial charge in [-0.1, -0.05) is 42.5 Å². The minimum absolute atomic E-state index is 0.0795. The van der Waals surface area contributed by atoms with Gasteiger partial charge in [-0.25, -0.2) is 0 Å². The average Bonchev–Trinajstić information content (AvgIpc) is 3.33. The van der Waals surface area contributed by atoms with Gasteiger partial charge in [0.15, 0.2) is 11.5 Å². The smallest absolute Gasteiger partial charge is 0.268 e. The molecule has 1 aliphatic rings. The summed E-state index contributed by atoms with van der Waals surface area (Å²) in [6, 6.07) is 24.9. The Kier molecular flexibility index (Phi) is 8.03. The molecule has 1 heterocycles. The van der Waals surface area contributed by atoms with Gasteiger partial charge in [0.2, 0.25) is 0 Å². The van der Waals surface area contributed by atoms with Gasteiger partial charge in [-0.3, -0.25) is 4.79 Å². The van der Waals surface area contributed by atoms with E-state index in [2.05, 4.69) is 6.07 Å². The first-order valence-corrected chi connectivity index (χ1v) is 11.8. The number of nitriles is 1. The second kappa shape index (κ2) is 11.8. The minimum atomic E-state index is -0.297. The molecule has 178 valence electrons. The summed E-state index contributed by atoms with van der Waals surface area (Å²) < 4.78 is 17.4. The zero-order chi connectivity index (χ0) is 24.5. The molecule has 1 aliphatic heterocycles. The maximum atomic E-state index is 13.1. The number of benzene rings is 3. The highest BCUT2D eigenvalue weighted by atomic mass is 16.5. The van der Waals surface area contributed by atoms with E-state index in [1.54, 1.807) is 23.1 Å². The summed E-state index contributed by atoms with van der Waals surface area (Å²) in [7, 11) is 0. The molecule has 3 aromatic carbocycles. The molecule has 0 saturated heterocycles. The summed E-state index contributed by atoms with van der Waals surface area (Å²) in [5.74, 6) is 1.72. The molecule has 0 saturated carbocycles. The fourth-order valence-electron chi connectivity index (χ4n) is 3.95. The normalized spacial score (nSPS) is 12.6. The van der Waals surface area contributed by atoms with Gasteiger partial charge in [0, 0.05) is 18.7 Å². The Bertz CT molecular complexity index is 1230. The molecule has 0 fully saturated rings. The average molecular weight is 469 g/mol. The van der Waals surface area contributed by atoms with E-state index in [0.717, 1.165) is 23.4 Å². The first kappa shape index (κ1) is 23.9. The Hall–Kier alpha value is -4.24. The van der Waals surface area contributed by atoms with Crippen LogP contribution >= 0.6 is 0 Å². The van der Waals surface area contributed by atoms with Crippen molar-refractivity contribution in [1.29, 1.82) is 5.26 Å². The van der Waals surface area contributed by atoms with Crippen LogP contribution in [0, 0.1) is 11.3 Å². The number of hydrogen-bond donors (Lipinski definition) is 0. The fourth-order valence-corrected chi connectivity index (χ4v) is 3.95. The van der Waals surface area contributed by atoms with Crippen LogP contribution in [0.3, 0.4) is 0 Å². The van der Waals surface area contributed by atoms with Crippen LogP contribution in [0.25, 0.3) is 6.08 Å². The van der Waals surface area contributed by atoms with E-state index in [1.807, 2.05) is 67.6 Å². The molecule has 0 unspecified atom stereocenters. The topological polar surface area (TPSA) is 71.8 Å². The van der Waals surface area contributed by atoms with E-state index < -0.39 is 0 Å². The molecule has 6 heteroatoms. The molecule has 6 nitrogen and oxygen atoms in total. The zero-order valence-electron chi connectivity index (χ0n) is 19.8. The maximum absolute atomic E-state index is 13.1.